The fourth-order valence-corrected chi connectivity index (χ4v) is 3.06. The van der Waals surface area contributed by atoms with E-state index in [0.717, 1.165) is 51.6 Å². The Balaban J connectivity index is 1.45. The van der Waals surface area contributed by atoms with Crippen molar-refractivity contribution in [3.05, 3.63) is 12.2 Å². The quantitative estimate of drug-likeness (QED) is 0.507. The lowest BCUT2D eigenvalue weighted by Crippen LogP contribution is -2.18. The van der Waals surface area contributed by atoms with Crippen molar-refractivity contribution in [2.24, 2.45) is 11.8 Å². The molecule has 1 aliphatic heterocycles. The van der Waals surface area contributed by atoms with Crippen molar-refractivity contribution in [2.75, 3.05) is 13.1 Å². The van der Waals surface area contributed by atoms with E-state index < -0.39 is 5.67 Å². The summed E-state index contributed by atoms with van der Waals surface area (Å²) in [5.74, 6) is 1.26. The molecule has 0 aromatic heterocycles. The molecular weight excluding hydrogens is 265 g/mol. The van der Waals surface area contributed by atoms with Crippen LogP contribution >= 0.6 is 0 Å². The minimum absolute atomic E-state index is 0.294. The third-order valence-corrected chi connectivity index (χ3v) is 5.28. The van der Waals surface area contributed by atoms with Crippen LogP contribution in [0.3, 0.4) is 0 Å². The Morgan fingerprint density at radius 1 is 1.14 bits per heavy atom. The van der Waals surface area contributed by atoms with Crippen LogP contribution in [0.25, 0.3) is 0 Å². The van der Waals surface area contributed by atoms with E-state index in [4.69, 9.17) is 4.74 Å². The molecule has 4 atom stereocenters. The number of alkyl halides is 1. The largest absolute Gasteiger partial charge is 0.371 e. The van der Waals surface area contributed by atoms with Gasteiger partial charge in [0.1, 0.15) is 5.67 Å². The summed E-state index contributed by atoms with van der Waals surface area (Å²) in [6.07, 6.45) is 10.7. The molecule has 0 radical (unpaired) electrons. The molecule has 3 unspecified atom stereocenters. The molecule has 2 rings (SSSR count). The first-order valence-corrected chi connectivity index (χ1v) is 8.74. The highest BCUT2D eigenvalue weighted by molar-refractivity contribution is 4.98. The predicted molar refractivity (Wildman–Crippen MR) is 86.2 cm³/mol. The summed E-state index contributed by atoms with van der Waals surface area (Å²) in [5.41, 5.74) is -0.781. The molecule has 21 heavy (non-hydrogen) atoms. The second kappa shape index (κ2) is 7.73. The van der Waals surface area contributed by atoms with Crippen molar-refractivity contribution in [1.29, 1.82) is 0 Å². The standard InChI is InChI=1S/C18H32FNO/c1-14-15(2)17(21-16(14)3)8-5-4-6-12-20-13-7-9-18(19)10-11-18/h5,8,14-17,20H,4,6-7,9-13H2,1-3H3/b8-5+/t14?,15-,16?,17?/m0/s1. The van der Waals surface area contributed by atoms with Gasteiger partial charge >= 0.3 is 0 Å². The van der Waals surface area contributed by atoms with Crippen molar-refractivity contribution in [1.82, 2.24) is 5.32 Å². The first-order chi connectivity index (χ1) is 10.0. The fourth-order valence-electron chi connectivity index (χ4n) is 3.06. The lowest BCUT2D eigenvalue weighted by Gasteiger charge is -2.11. The maximum Gasteiger partial charge on any atom is 0.111 e. The van der Waals surface area contributed by atoms with Crippen molar-refractivity contribution >= 4 is 0 Å². The van der Waals surface area contributed by atoms with Crippen LogP contribution in [-0.2, 0) is 4.74 Å². The second-order valence-electron chi connectivity index (χ2n) is 7.10. The molecule has 2 nitrogen and oxygen atoms in total. The smallest absolute Gasteiger partial charge is 0.111 e. The van der Waals surface area contributed by atoms with Crippen LogP contribution in [0.1, 0.15) is 59.3 Å². The Morgan fingerprint density at radius 2 is 1.86 bits per heavy atom. The molecule has 2 fully saturated rings. The molecule has 0 aromatic rings. The first-order valence-electron chi connectivity index (χ1n) is 8.74. The summed E-state index contributed by atoms with van der Waals surface area (Å²) in [6, 6.07) is 0. The van der Waals surface area contributed by atoms with E-state index in [9.17, 15) is 4.39 Å². The van der Waals surface area contributed by atoms with Crippen LogP contribution in [0.5, 0.6) is 0 Å². The summed E-state index contributed by atoms with van der Waals surface area (Å²) in [7, 11) is 0. The number of hydrogen-bond donors (Lipinski definition) is 1. The highest BCUT2D eigenvalue weighted by Crippen LogP contribution is 2.43. The molecule has 1 aliphatic carbocycles. The Kier molecular flexibility index (Phi) is 6.24. The van der Waals surface area contributed by atoms with Gasteiger partial charge in [-0.25, -0.2) is 4.39 Å². The summed E-state index contributed by atoms with van der Waals surface area (Å²) >= 11 is 0. The number of rotatable bonds is 9. The third-order valence-electron chi connectivity index (χ3n) is 5.28. The molecule has 3 heteroatoms. The van der Waals surface area contributed by atoms with Gasteiger partial charge < -0.3 is 10.1 Å². The zero-order chi connectivity index (χ0) is 15.3. The van der Waals surface area contributed by atoms with Crippen molar-refractivity contribution in [3.8, 4) is 0 Å². The first kappa shape index (κ1) is 17.0. The average molecular weight is 297 g/mol. The predicted octanol–water partition coefficient (Wildman–Crippen LogP) is 4.25. The molecule has 1 saturated heterocycles. The summed E-state index contributed by atoms with van der Waals surface area (Å²) < 4.78 is 19.3. The summed E-state index contributed by atoms with van der Waals surface area (Å²) in [4.78, 5) is 0. The van der Waals surface area contributed by atoms with Crippen molar-refractivity contribution in [3.63, 3.8) is 0 Å². The van der Waals surface area contributed by atoms with Crippen LogP contribution in [0.2, 0.25) is 0 Å². The van der Waals surface area contributed by atoms with Crippen LogP contribution in [0.15, 0.2) is 12.2 Å². The number of halogens is 1. The van der Waals surface area contributed by atoms with Crippen LogP contribution < -0.4 is 5.32 Å². The summed E-state index contributed by atoms with van der Waals surface area (Å²) in [6.45, 7) is 8.70. The van der Waals surface area contributed by atoms with Gasteiger partial charge in [0.25, 0.3) is 0 Å². The zero-order valence-electron chi connectivity index (χ0n) is 13.9. The number of nitrogens with one attached hydrogen (secondary N) is 1. The maximum absolute atomic E-state index is 13.4. The van der Waals surface area contributed by atoms with E-state index in [1.165, 1.54) is 0 Å². The molecule has 1 N–H and O–H groups in total. The Morgan fingerprint density at radius 3 is 2.48 bits per heavy atom. The van der Waals surface area contributed by atoms with Gasteiger partial charge in [0.2, 0.25) is 0 Å². The number of hydrogen-bond acceptors (Lipinski definition) is 2. The van der Waals surface area contributed by atoms with E-state index in [-0.39, 0.29) is 0 Å². The van der Waals surface area contributed by atoms with Gasteiger partial charge in [-0.3, -0.25) is 0 Å². The number of allylic oxidation sites excluding steroid dienone is 1. The number of ether oxygens (including phenoxy) is 1. The molecule has 0 spiro atoms. The molecule has 2 aliphatic rings. The monoisotopic (exact) mass is 297 g/mol. The van der Waals surface area contributed by atoms with Gasteiger partial charge in [-0.05, 0) is 70.4 Å². The van der Waals surface area contributed by atoms with Gasteiger partial charge in [0, 0.05) is 0 Å². The molecule has 1 saturated carbocycles. The minimum atomic E-state index is -0.781. The molecule has 1 heterocycles. The Labute approximate surface area is 129 Å². The Bertz CT molecular complexity index is 340. The van der Waals surface area contributed by atoms with Crippen LogP contribution in [-0.4, -0.2) is 31.0 Å². The SMILES string of the molecule is CC1OC(/C=C/CCCNCCCC2(F)CC2)[C@@H](C)C1C. The van der Waals surface area contributed by atoms with Gasteiger partial charge in [-0.2, -0.15) is 0 Å². The van der Waals surface area contributed by atoms with E-state index in [2.05, 4.69) is 38.2 Å². The third kappa shape index (κ3) is 5.37. The molecule has 122 valence electrons. The summed E-state index contributed by atoms with van der Waals surface area (Å²) in [5, 5.41) is 3.41. The minimum Gasteiger partial charge on any atom is -0.371 e. The van der Waals surface area contributed by atoms with Crippen molar-refractivity contribution < 1.29 is 9.13 Å². The average Bonchev–Trinajstić information content (AvgIpc) is 3.14. The highest BCUT2D eigenvalue weighted by Gasteiger charge is 2.41. The normalized spacial score (nSPS) is 34.7. The van der Waals surface area contributed by atoms with Crippen molar-refractivity contribution in [2.45, 2.75) is 77.2 Å². The number of unbranched alkanes of at least 4 members (excludes halogenated alkanes) is 1. The molecule has 0 bridgehead atoms. The second-order valence-corrected chi connectivity index (χ2v) is 7.10. The van der Waals surface area contributed by atoms with Gasteiger partial charge in [-0.15, -0.1) is 0 Å². The van der Waals surface area contributed by atoms with Crippen LogP contribution in [0.4, 0.5) is 4.39 Å². The van der Waals surface area contributed by atoms with E-state index in [1.54, 1.807) is 0 Å². The van der Waals surface area contributed by atoms with Crippen LogP contribution in [0, 0.1) is 11.8 Å². The van der Waals surface area contributed by atoms with E-state index >= 15 is 0 Å². The lowest BCUT2D eigenvalue weighted by atomic mass is 9.91. The molecule has 0 amide bonds. The van der Waals surface area contributed by atoms with Gasteiger partial charge in [0.05, 0.1) is 12.2 Å². The van der Waals surface area contributed by atoms with Gasteiger partial charge in [0.15, 0.2) is 0 Å². The topological polar surface area (TPSA) is 21.3 Å². The van der Waals surface area contributed by atoms with Gasteiger partial charge in [-0.1, -0.05) is 26.0 Å². The maximum atomic E-state index is 13.4. The fraction of sp³-hybridized carbons (Fsp3) is 0.889. The Hall–Kier alpha value is -0.410. The molecule has 0 aromatic carbocycles. The highest BCUT2D eigenvalue weighted by atomic mass is 19.1. The van der Waals surface area contributed by atoms with E-state index in [0.29, 0.717) is 24.0 Å². The lowest BCUT2D eigenvalue weighted by molar-refractivity contribution is 0.0681. The van der Waals surface area contributed by atoms with E-state index in [1.807, 2.05) is 0 Å². The zero-order valence-corrected chi connectivity index (χ0v) is 13.9. The molecular formula is C18H32FNO.